The second-order valence-corrected chi connectivity index (χ2v) is 4.54. The van der Waals surface area contributed by atoms with Crippen LogP contribution in [0.4, 0.5) is 0 Å². The van der Waals surface area contributed by atoms with Crippen molar-refractivity contribution in [1.82, 2.24) is 9.97 Å². The molecule has 1 heterocycles. The molecule has 0 aliphatic rings. The molecule has 0 aliphatic carbocycles. The van der Waals surface area contributed by atoms with E-state index < -0.39 is 0 Å². The van der Waals surface area contributed by atoms with Gasteiger partial charge in [0.1, 0.15) is 5.15 Å². The first-order chi connectivity index (χ1) is 7.56. The SMILES string of the molecule is Clc1ccc(-c2cc(Cl)nc(Cl)n2)c(Cl)c1. The monoisotopic (exact) mass is 292 g/mol. The highest BCUT2D eigenvalue weighted by Gasteiger charge is 2.08. The van der Waals surface area contributed by atoms with Gasteiger partial charge in [-0.1, -0.05) is 34.8 Å². The van der Waals surface area contributed by atoms with E-state index in [0.29, 0.717) is 21.3 Å². The second-order valence-electron chi connectivity index (χ2n) is 2.97. The van der Waals surface area contributed by atoms with Crippen LogP contribution in [-0.4, -0.2) is 9.97 Å². The summed E-state index contributed by atoms with van der Waals surface area (Å²) in [6, 6.07) is 6.68. The van der Waals surface area contributed by atoms with Crippen molar-refractivity contribution in [2.75, 3.05) is 0 Å². The molecule has 2 aromatic rings. The van der Waals surface area contributed by atoms with Crippen LogP contribution < -0.4 is 0 Å². The summed E-state index contributed by atoms with van der Waals surface area (Å²) >= 11 is 23.3. The summed E-state index contributed by atoms with van der Waals surface area (Å²) in [4.78, 5) is 7.79. The van der Waals surface area contributed by atoms with E-state index >= 15 is 0 Å². The lowest BCUT2D eigenvalue weighted by Crippen LogP contribution is -1.89. The Balaban J connectivity index is 2.58. The Bertz CT molecular complexity index is 522. The zero-order valence-corrected chi connectivity index (χ0v) is 10.7. The van der Waals surface area contributed by atoms with Crippen LogP contribution >= 0.6 is 46.4 Å². The van der Waals surface area contributed by atoms with Gasteiger partial charge in [-0.25, -0.2) is 9.97 Å². The quantitative estimate of drug-likeness (QED) is 0.560. The predicted molar refractivity (Wildman–Crippen MR) is 67.5 cm³/mol. The van der Waals surface area contributed by atoms with E-state index in [9.17, 15) is 0 Å². The average Bonchev–Trinajstić information content (AvgIpc) is 2.15. The molecule has 0 amide bonds. The third kappa shape index (κ3) is 2.58. The second kappa shape index (κ2) is 4.76. The van der Waals surface area contributed by atoms with Gasteiger partial charge in [-0.15, -0.1) is 0 Å². The lowest BCUT2D eigenvalue weighted by Gasteiger charge is -2.04. The smallest absolute Gasteiger partial charge is 0.218 e. The van der Waals surface area contributed by atoms with Gasteiger partial charge in [-0.05, 0) is 29.8 Å². The molecule has 6 heteroatoms. The van der Waals surface area contributed by atoms with Crippen molar-refractivity contribution in [1.29, 1.82) is 0 Å². The van der Waals surface area contributed by atoms with Crippen molar-refractivity contribution in [3.05, 3.63) is 44.7 Å². The highest BCUT2D eigenvalue weighted by atomic mass is 35.5. The molecule has 0 fully saturated rings. The first kappa shape index (κ1) is 11.9. The van der Waals surface area contributed by atoms with Gasteiger partial charge in [0.25, 0.3) is 0 Å². The van der Waals surface area contributed by atoms with Gasteiger partial charge in [-0.2, -0.15) is 0 Å². The molecule has 0 bridgehead atoms. The molecule has 2 rings (SSSR count). The van der Waals surface area contributed by atoms with E-state index in [-0.39, 0.29) is 10.4 Å². The Kier molecular flexibility index (Phi) is 3.55. The molecule has 0 saturated heterocycles. The van der Waals surface area contributed by atoms with Crippen LogP contribution in [0, 0.1) is 0 Å². The van der Waals surface area contributed by atoms with Gasteiger partial charge < -0.3 is 0 Å². The van der Waals surface area contributed by atoms with Gasteiger partial charge in [-0.3, -0.25) is 0 Å². The van der Waals surface area contributed by atoms with Crippen molar-refractivity contribution in [3.8, 4) is 11.3 Å². The molecule has 0 saturated carbocycles. The van der Waals surface area contributed by atoms with E-state index in [2.05, 4.69) is 9.97 Å². The van der Waals surface area contributed by atoms with Crippen LogP contribution in [0.2, 0.25) is 20.5 Å². The normalized spacial score (nSPS) is 10.5. The Hall–Kier alpha value is -0.540. The minimum Gasteiger partial charge on any atom is -0.218 e. The van der Waals surface area contributed by atoms with Crippen LogP contribution in [0.3, 0.4) is 0 Å². The molecule has 16 heavy (non-hydrogen) atoms. The molecule has 2 nitrogen and oxygen atoms in total. The average molecular weight is 294 g/mol. The summed E-state index contributed by atoms with van der Waals surface area (Å²) < 4.78 is 0. The van der Waals surface area contributed by atoms with Gasteiger partial charge in [0.2, 0.25) is 5.28 Å². The van der Waals surface area contributed by atoms with Crippen molar-refractivity contribution in [2.24, 2.45) is 0 Å². The number of hydrogen-bond acceptors (Lipinski definition) is 2. The van der Waals surface area contributed by atoms with Crippen LogP contribution in [-0.2, 0) is 0 Å². The molecule has 0 N–H and O–H groups in total. The van der Waals surface area contributed by atoms with E-state index in [4.69, 9.17) is 46.4 Å². The zero-order chi connectivity index (χ0) is 11.7. The van der Waals surface area contributed by atoms with Gasteiger partial charge in [0.15, 0.2) is 0 Å². The number of aromatic nitrogens is 2. The topological polar surface area (TPSA) is 25.8 Å². The Morgan fingerprint density at radius 3 is 2.25 bits per heavy atom. The number of rotatable bonds is 1. The maximum Gasteiger partial charge on any atom is 0.224 e. The van der Waals surface area contributed by atoms with Crippen molar-refractivity contribution in [2.45, 2.75) is 0 Å². The fourth-order valence-electron chi connectivity index (χ4n) is 1.23. The third-order valence-electron chi connectivity index (χ3n) is 1.87. The van der Waals surface area contributed by atoms with Crippen molar-refractivity contribution >= 4 is 46.4 Å². The summed E-state index contributed by atoms with van der Waals surface area (Å²) in [6.07, 6.45) is 0. The van der Waals surface area contributed by atoms with Crippen molar-refractivity contribution in [3.63, 3.8) is 0 Å². The van der Waals surface area contributed by atoms with E-state index in [1.165, 1.54) is 0 Å². The van der Waals surface area contributed by atoms with E-state index in [1.807, 2.05) is 0 Å². The Morgan fingerprint density at radius 2 is 1.62 bits per heavy atom. The number of hydrogen-bond donors (Lipinski definition) is 0. The highest BCUT2D eigenvalue weighted by Crippen LogP contribution is 2.30. The molecule has 0 radical (unpaired) electrons. The lowest BCUT2D eigenvalue weighted by atomic mass is 10.1. The first-order valence-corrected chi connectivity index (χ1v) is 5.73. The zero-order valence-electron chi connectivity index (χ0n) is 7.72. The summed E-state index contributed by atoms with van der Waals surface area (Å²) in [5.41, 5.74) is 1.27. The summed E-state index contributed by atoms with van der Waals surface area (Å²) in [6.45, 7) is 0. The number of nitrogens with zero attached hydrogens (tertiary/aromatic N) is 2. The van der Waals surface area contributed by atoms with Crippen LogP contribution in [0.5, 0.6) is 0 Å². The number of benzene rings is 1. The Labute approximate surface area is 112 Å². The third-order valence-corrected chi connectivity index (χ3v) is 2.79. The van der Waals surface area contributed by atoms with Crippen LogP contribution in [0.1, 0.15) is 0 Å². The fraction of sp³-hybridized carbons (Fsp3) is 0. The molecule has 1 aromatic heterocycles. The molecular formula is C10H4Cl4N2. The number of halogens is 4. The highest BCUT2D eigenvalue weighted by molar-refractivity contribution is 6.36. The first-order valence-electron chi connectivity index (χ1n) is 4.22. The fourth-order valence-corrected chi connectivity index (χ4v) is 2.14. The Morgan fingerprint density at radius 1 is 0.875 bits per heavy atom. The molecule has 1 aromatic carbocycles. The largest absolute Gasteiger partial charge is 0.224 e. The van der Waals surface area contributed by atoms with Crippen LogP contribution in [0.15, 0.2) is 24.3 Å². The summed E-state index contributed by atoms with van der Waals surface area (Å²) in [7, 11) is 0. The van der Waals surface area contributed by atoms with E-state index in [0.717, 1.165) is 0 Å². The van der Waals surface area contributed by atoms with Crippen LogP contribution in [0.25, 0.3) is 11.3 Å². The van der Waals surface area contributed by atoms with Crippen molar-refractivity contribution < 1.29 is 0 Å². The maximum absolute atomic E-state index is 6.04. The van der Waals surface area contributed by atoms with Gasteiger partial charge >= 0.3 is 0 Å². The molecule has 82 valence electrons. The van der Waals surface area contributed by atoms with Gasteiger partial charge in [0.05, 0.1) is 10.7 Å². The minimum atomic E-state index is 0.0773. The molecule has 0 aliphatic heterocycles. The molecule has 0 unspecified atom stereocenters. The molecular weight excluding hydrogens is 290 g/mol. The lowest BCUT2D eigenvalue weighted by molar-refractivity contribution is 1.17. The summed E-state index contributed by atoms with van der Waals surface area (Å²) in [5.74, 6) is 0. The maximum atomic E-state index is 6.04. The van der Waals surface area contributed by atoms with Gasteiger partial charge in [0, 0.05) is 16.7 Å². The van der Waals surface area contributed by atoms with E-state index in [1.54, 1.807) is 24.3 Å². The minimum absolute atomic E-state index is 0.0773. The predicted octanol–water partition coefficient (Wildman–Crippen LogP) is 4.76. The molecule has 0 atom stereocenters. The standard InChI is InChI=1S/C10H4Cl4N2/c11-5-1-2-6(7(12)3-5)8-4-9(13)16-10(14)15-8/h1-4H. The molecule has 0 spiro atoms. The summed E-state index contributed by atoms with van der Waals surface area (Å²) in [5, 5.41) is 1.38.